The Labute approximate surface area is 760 Å². The number of hydrogen-bond acceptors (Lipinski definition) is 16. The number of halogens is 15. The lowest BCUT2D eigenvalue weighted by atomic mass is 10.1. The molecule has 0 radical (unpaired) electrons. The maximum Gasteiger partial charge on any atom is 0.416 e. The molecule has 0 N–H and O–H groups in total. The highest BCUT2D eigenvalue weighted by Crippen LogP contribution is 2.44. The van der Waals surface area contributed by atoms with E-state index < -0.39 is 255 Å². The molecule has 12 rings (SSSR count). The van der Waals surface area contributed by atoms with Crippen molar-refractivity contribution in [1.82, 2.24) is 0 Å². The van der Waals surface area contributed by atoms with E-state index in [-0.39, 0.29) is 39.2 Å². The predicted molar refractivity (Wildman–Crippen MR) is 468 cm³/mol. The number of rotatable bonds is 24. The Bertz CT molecular complexity index is 6890. The summed E-state index contributed by atoms with van der Waals surface area (Å²) >= 11 is 0. The third-order valence-electron chi connectivity index (χ3n) is 18.7. The maximum atomic E-state index is 15.0. The van der Waals surface area contributed by atoms with E-state index in [1.54, 1.807) is 116 Å². The van der Waals surface area contributed by atoms with Crippen LogP contribution in [-0.2, 0) is 128 Å². The minimum Gasteiger partial charge on any atom is -0.224 e. The van der Waals surface area contributed by atoms with Crippen molar-refractivity contribution in [2.45, 2.75) is 163 Å². The molecule has 0 heterocycles. The fourth-order valence-electron chi connectivity index (χ4n) is 12.5. The van der Waals surface area contributed by atoms with Gasteiger partial charge in [-0.3, -0.25) is 0 Å². The first kappa shape index (κ1) is 105. The second-order valence-electron chi connectivity index (χ2n) is 29.0. The van der Waals surface area contributed by atoms with Crippen LogP contribution in [0.25, 0.3) is 0 Å². The molecule has 0 aliphatic heterocycles. The molecule has 0 aliphatic rings. The molecular formula is C88H77F15O16S12+4. The van der Waals surface area contributed by atoms with Crippen LogP contribution in [0.5, 0.6) is 0 Å². The van der Waals surface area contributed by atoms with Gasteiger partial charge in [-0.15, -0.1) is 0 Å². The number of benzene rings is 12. The molecule has 12 aromatic carbocycles. The van der Waals surface area contributed by atoms with Gasteiger partial charge in [0.1, 0.15) is 99.2 Å². The molecule has 0 amide bonds. The molecule has 0 aromatic heterocycles. The molecule has 698 valence electrons. The van der Waals surface area contributed by atoms with Crippen molar-refractivity contribution in [3.63, 3.8) is 0 Å². The van der Waals surface area contributed by atoms with Crippen LogP contribution in [0.15, 0.2) is 328 Å². The van der Waals surface area contributed by atoms with Gasteiger partial charge in [0, 0.05) is 116 Å². The first-order chi connectivity index (χ1) is 60.6. The van der Waals surface area contributed by atoms with Crippen LogP contribution >= 0.6 is 0 Å². The molecule has 0 unspecified atom stereocenters. The van der Waals surface area contributed by atoms with Crippen LogP contribution in [0.3, 0.4) is 0 Å². The van der Waals surface area contributed by atoms with E-state index in [2.05, 4.69) is 0 Å². The molecule has 0 bridgehead atoms. The van der Waals surface area contributed by atoms with Crippen LogP contribution in [0, 0.1) is 76.7 Å². The zero-order valence-corrected chi connectivity index (χ0v) is 79.9. The van der Waals surface area contributed by atoms with Crippen molar-refractivity contribution >= 4 is 122 Å². The summed E-state index contributed by atoms with van der Waals surface area (Å²) < 4.78 is 411. The van der Waals surface area contributed by atoms with Gasteiger partial charge in [0.05, 0.1) is 80.9 Å². The van der Waals surface area contributed by atoms with Gasteiger partial charge >= 0.3 is 6.18 Å². The lowest BCUT2D eigenvalue weighted by Gasteiger charge is -2.14. The lowest BCUT2D eigenvalue weighted by molar-refractivity contribution is -0.137. The third-order valence-corrected chi connectivity index (χ3v) is 39.7. The number of sulfone groups is 8. The average molecular weight is 2060 g/mol. The molecular weight excluding hydrogens is 1980 g/mol. The first-order valence-corrected chi connectivity index (χ1v) is 56.6. The van der Waals surface area contributed by atoms with Gasteiger partial charge in [-0.1, -0.05) is 80.6 Å². The number of alkyl halides is 3. The molecule has 0 saturated carbocycles. The molecule has 0 atom stereocenters. The van der Waals surface area contributed by atoms with Gasteiger partial charge in [-0.25, -0.2) is 120 Å². The summed E-state index contributed by atoms with van der Waals surface area (Å²) in [5.41, 5.74) is -0.450. The van der Waals surface area contributed by atoms with Crippen molar-refractivity contribution in [3.05, 3.63) is 311 Å². The van der Waals surface area contributed by atoms with Crippen LogP contribution < -0.4 is 0 Å². The summed E-state index contributed by atoms with van der Waals surface area (Å²) in [4.78, 5) is -4.49. The van der Waals surface area contributed by atoms with Gasteiger partial charge in [-0.05, 0) is 113 Å². The highest BCUT2D eigenvalue weighted by atomic mass is 32.2. The van der Waals surface area contributed by atoms with E-state index in [0.717, 1.165) is 97.4 Å². The van der Waals surface area contributed by atoms with Crippen molar-refractivity contribution in [3.8, 4) is 0 Å². The summed E-state index contributed by atoms with van der Waals surface area (Å²) in [6.45, 7) is 9.18. The number of hydrogen-bond donors (Lipinski definition) is 0. The van der Waals surface area contributed by atoms with E-state index in [9.17, 15) is 133 Å². The summed E-state index contributed by atoms with van der Waals surface area (Å²) in [5, 5.41) is -2.16. The second kappa shape index (κ2) is 41.2. The maximum absolute atomic E-state index is 15.0. The number of aryl methyl sites for hydroxylation is 1. The van der Waals surface area contributed by atoms with Gasteiger partial charge in [-0.2, -0.15) is 13.2 Å². The Morgan fingerprint density at radius 3 is 0.679 bits per heavy atom. The normalized spacial score (nSPS) is 12.5. The van der Waals surface area contributed by atoms with Gasteiger partial charge in [0.2, 0.25) is 0 Å². The minimum absolute atomic E-state index is 0.0236. The Kier molecular flexibility index (Phi) is 33.1. The minimum atomic E-state index is -4.57. The summed E-state index contributed by atoms with van der Waals surface area (Å²) in [5.74, 6) is -17.1. The smallest absolute Gasteiger partial charge is 0.224 e. The molecule has 0 saturated heterocycles. The highest BCUT2D eigenvalue weighted by molar-refractivity contribution is 7.98. The molecule has 16 nitrogen and oxygen atoms in total. The Hall–Kier alpha value is -9.41. The Morgan fingerprint density at radius 1 is 0.252 bits per heavy atom. The SMILES string of the molecule is CC(C)S(=O)(=O)c1c(F)cc([S+](c2ccccc2)c2cc(F)c(S(=O)(=O)C(C)C)c(F)c2)cc1F.CCS(=O)(=O)c1c(F)cc([S+](c2ccccc2)c2cc(F)c(S(=O)(=O)CC)c(F)c2)cc1F.CS(=O)(=O)c1c(F)cc([S+](c2ccccc2)c2cc(F)c(S(C)(=O)=O)c(F)c2)cc1F.Cc1cc([S+](c2cccc(S(C)(=O)=O)c2)c2cccc(S(C)(=O)=O)c2)cc(C(F)(F)F)c1. The van der Waals surface area contributed by atoms with E-state index in [1.165, 1.54) is 77.9 Å². The van der Waals surface area contributed by atoms with Crippen molar-refractivity contribution in [1.29, 1.82) is 0 Å². The van der Waals surface area contributed by atoms with Crippen LogP contribution in [0.4, 0.5) is 65.9 Å². The molecule has 0 aliphatic carbocycles. The van der Waals surface area contributed by atoms with Gasteiger partial charge in [0.15, 0.2) is 137 Å². The Morgan fingerprint density at radius 2 is 0.466 bits per heavy atom. The average Bonchev–Trinajstić information content (AvgIpc) is 0.762. The highest BCUT2D eigenvalue weighted by Gasteiger charge is 2.43. The monoisotopic (exact) mass is 2060 g/mol. The molecule has 0 fully saturated rings. The summed E-state index contributed by atoms with van der Waals surface area (Å²) in [7, 11) is -38.2. The second-order valence-corrected chi connectivity index (χ2v) is 54.4. The van der Waals surface area contributed by atoms with Gasteiger partial charge < -0.3 is 0 Å². The Balaban J connectivity index is 0.000000197. The lowest BCUT2D eigenvalue weighted by Crippen LogP contribution is -2.19. The fourth-order valence-corrected chi connectivity index (χ4v) is 28.6. The third kappa shape index (κ3) is 24.6. The van der Waals surface area contributed by atoms with Crippen LogP contribution in [-0.4, -0.2) is 114 Å². The molecule has 12 aromatic rings. The van der Waals surface area contributed by atoms with Crippen molar-refractivity contribution in [2.24, 2.45) is 0 Å². The largest absolute Gasteiger partial charge is 0.416 e. The van der Waals surface area contributed by atoms with E-state index in [0.29, 0.717) is 47.4 Å². The van der Waals surface area contributed by atoms with E-state index in [4.69, 9.17) is 0 Å². The van der Waals surface area contributed by atoms with Crippen molar-refractivity contribution < 1.29 is 133 Å². The zero-order valence-electron chi connectivity index (χ0n) is 70.1. The summed E-state index contributed by atoms with van der Waals surface area (Å²) in [6.07, 6.45) is -1.18. The molecule has 131 heavy (non-hydrogen) atoms. The quantitative estimate of drug-likeness (QED) is 0.0402. The first-order valence-electron chi connectivity index (χ1n) is 37.8. The van der Waals surface area contributed by atoms with E-state index >= 15 is 0 Å². The summed E-state index contributed by atoms with van der Waals surface area (Å²) in [6, 6.07) is 49.4. The van der Waals surface area contributed by atoms with Crippen LogP contribution in [0.2, 0.25) is 0 Å². The van der Waals surface area contributed by atoms with Crippen LogP contribution in [0.1, 0.15) is 52.7 Å². The van der Waals surface area contributed by atoms with Gasteiger partial charge in [0.25, 0.3) is 0 Å². The fraction of sp³-hybridized carbons (Fsp3) is 0.182. The van der Waals surface area contributed by atoms with E-state index in [1.807, 2.05) is 0 Å². The topological polar surface area (TPSA) is 273 Å². The predicted octanol–water partition coefficient (Wildman–Crippen LogP) is 19.7. The zero-order chi connectivity index (χ0) is 97.9. The van der Waals surface area contributed by atoms with Crippen molar-refractivity contribution in [2.75, 3.05) is 36.5 Å². The molecule has 43 heteroatoms. The molecule has 0 spiro atoms. The standard InChI is InChI=1S/C24H23F4O4S3.C22H19F4O4S3.C22H20F3O4S3.C20H15F4O4S3/c1-14(2)34(29,30)23-19(25)10-17(11-20(23)26)33(16-8-6-5-7-9-16)18-12-21(27)24(22(28)13-18)35(31,32)15(3)4;1-3-32(27,28)21-17(23)10-15(11-18(21)24)31(14-8-6-5-7-9-14)16-12-19(25)22(20(26)13-16)33(29,30)4-2;1-15-10-16(22(23,24)25)12-19(11-15)30(17-6-4-8-20(13-17)31(2,26)27)18-7-5-9-21(14-18)32(3,28)29;1-30(25,26)19-15(21)8-13(9-16(19)22)29(12-6-4-3-5-7-12)14-10-17(23)20(18(24)11-14)31(2,27)28/h5-15H,1-4H3;5-13H,3-4H2,1-2H3;4-14H,1-3H3;3-11H,1-2H3/q4*+1.